The van der Waals surface area contributed by atoms with E-state index in [4.69, 9.17) is 5.73 Å². The zero-order valence-corrected chi connectivity index (χ0v) is 10.8. The maximum atomic E-state index is 13.8. The Morgan fingerprint density at radius 3 is 2.43 bits per heavy atom. The number of benzene rings is 1. The number of aromatic nitrogens is 1. The highest BCUT2D eigenvalue weighted by molar-refractivity contribution is 5.25. The first-order valence-electron chi connectivity index (χ1n) is 6.06. The molecule has 1 aromatic heterocycles. The first-order valence-corrected chi connectivity index (χ1v) is 6.06. The lowest BCUT2D eigenvalue weighted by atomic mass is 10.1. The Bertz CT molecular complexity index is 707. The molecule has 0 atom stereocenters. The monoisotopic (exact) mass is 300 g/mol. The van der Waals surface area contributed by atoms with E-state index >= 15 is 0 Å². The minimum absolute atomic E-state index is 0.119. The number of alkyl halides is 3. The minimum atomic E-state index is -4.56. The van der Waals surface area contributed by atoms with Gasteiger partial charge in [0.1, 0.15) is 5.82 Å². The lowest BCUT2D eigenvalue weighted by Gasteiger charge is -2.11. The summed E-state index contributed by atoms with van der Waals surface area (Å²) in [6.07, 6.45) is -3.88. The fraction of sp³-hybridized carbons (Fsp3) is 0.214. The zero-order valence-electron chi connectivity index (χ0n) is 10.8. The van der Waals surface area contributed by atoms with Crippen LogP contribution in [0.4, 0.5) is 17.6 Å². The summed E-state index contributed by atoms with van der Waals surface area (Å²) in [6, 6.07) is 5.69. The third-order valence-corrected chi connectivity index (χ3v) is 3.00. The first-order chi connectivity index (χ1) is 9.81. The molecule has 0 bridgehead atoms. The highest BCUT2D eigenvalue weighted by Crippen LogP contribution is 2.28. The minimum Gasteiger partial charge on any atom is -0.326 e. The Morgan fingerprint density at radius 2 is 1.86 bits per heavy atom. The molecule has 21 heavy (non-hydrogen) atoms. The van der Waals surface area contributed by atoms with Gasteiger partial charge in [0.25, 0.3) is 5.56 Å². The molecule has 2 aromatic rings. The molecule has 0 saturated heterocycles. The van der Waals surface area contributed by atoms with E-state index in [1.165, 1.54) is 12.1 Å². The highest BCUT2D eigenvalue weighted by atomic mass is 19.4. The topological polar surface area (TPSA) is 48.0 Å². The Labute approximate surface area is 117 Å². The van der Waals surface area contributed by atoms with Crippen molar-refractivity contribution < 1.29 is 17.6 Å². The molecular weight excluding hydrogens is 288 g/mol. The number of rotatable bonds is 3. The molecule has 7 heteroatoms. The van der Waals surface area contributed by atoms with Crippen molar-refractivity contribution in [1.82, 2.24) is 4.57 Å². The number of nitrogens with zero attached hydrogens (tertiary/aromatic N) is 1. The smallest absolute Gasteiger partial charge is 0.326 e. The van der Waals surface area contributed by atoms with Crippen LogP contribution in [0.3, 0.4) is 0 Å². The van der Waals surface area contributed by atoms with Crippen LogP contribution in [0.2, 0.25) is 0 Å². The van der Waals surface area contributed by atoms with Gasteiger partial charge in [0.15, 0.2) is 0 Å². The summed E-state index contributed by atoms with van der Waals surface area (Å²) >= 11 is 0. The third-order valence-electron chi connectivity index (χ3n) is 3.00. The third kappa shape index (κ3) is 3.49. The van der Waals surface area contributed by atoms with Crippen LogP contribution >= 0.6 is 0 Å². The zero-order chi connectivity index (χ0) is 15.6. The van der Waals surface area contributed by atoms with Gasteiger partial charge in [-0.3, -0.25) is 4.79 Å². The number of nitrogens with two attached hydrogens (primary N) is 1. The van der Waals surface area contributed by atoms with E-state index < -0.39 is 23.1 Å². The molecule has 2 rings (SSSR count). The molecule has 1 aromatic carbocycles. The van der Waals surface area contributed by atoms with Crippen molar-refractivity contribution >= 4 is 0 Å². The normalized spacial score (nSPS) is 11.7. The summed E-state index contributed by atoms with van der Waals surface area (Å²) in [5.74, 6) is -0.609. The van der Waals surface area contributed by atoms with Crippen LogP contribution in [0.5, 0.6) is 0 Å². The van der Waals surface area contributed by atoms with Gasteiger partial charge < -0.3 is 10.3 Å². The van der Waals surface area contributed by atoms with Crippen LogP contribution in [0.1, 0.15) is 16.7 Å². The maximum absolute atomic E-state index is 13.8. The van der Waals surface area contributed by atoms with Gasteiger partial charge in [-0.05, 0) is 17.7 Å². The van der Waals surface area contributed by atoms with Crippen LogP contribution < -0.4 is 11.3 Å². The molecule has 3 nitrogen and oxygen atoms in total. The lowest BCUT2D eigenvalue weighted by Crippen LogP contribution is -2.22. The quantitative estimate of drug-likeness (QED) is 0.885. The summed E-state index contributed by atoms with van der Waals surface area (Å²) in [6.45, 7) is -0.125. The van der Waals surface area contributed by atoms with E-state index in [1.54, 1.807) is 6.07 Å². The average molecular weight is 300 g/mol. The predicted octanol–water partition coefficient (Wildman–Crippen LogP) is 2.51. The molecule has 0 fully saturated rings. The van der Waals surface area contributed by atoms with Crippen molar-refractivity contribution in [2.75, 3.05) is 0 Å². The Hall–Kier alpha value is -2.15. The molecule has 0 aliphatic heterocycles. The van der Waals surface area contributed by atoms with Crippen molar-refractivity contribution in [2.24, 2.45) is 5.73 Å². The van der Waals surface area contributed by atoms with Crippen molar-refractivity contribution in [2.45, 2.75) is 19.3 Å². The lowest BCUT2D eigenvalue weighted by molar-refractivity contribution is -0.138. The highest BCUT2D eigenvalue weighted by Gasteiger charge is 2.31. The summed E-state index contributed by atoms with van der Waals surface area (Å²) in [5, 5.41) is 0. The fourth-order valence-corrected chi connectivity index (χ4v) is 1.85. The summed E-state index contributed by atoms with van der Waals surface area (Å²) in [4.78, 5) is 11.6. The number of hydrogen-bond donors (Lipinski definition) is 1. The van der Waals surface area contributed by atoms with E-state index in [0.29, 0.717) is 17.8 Å². The molecule has 1 heterocycles. The van der Waals surface area contributed by atoms with E-state index in [0.717, 1.165) is 10.6 Å². The molecule has 0 aliphatic carbocycles. The summed E-state index contributed by atoms with van der Waals surface area (Å²) in [5.41, 5.74) is 4.46. The van der Waals surface area contributed by atoms with Gasteiger partial charge in [-0.2, -0.15) is 13.2 Å². The van der Waals surface area contributed by atoms with E-state index in [-0.39, 0.29) is 18.7 Å². The second-order valence-electron chi connectivity index (χ2n) is 4.51. The van der Waals surface area contributed by atoms with Crippen molar-refractivity contribution in [3.8, 4) is 0 Å². The molecule has 0 aliphatic rings. The average Bonchev–Trinajstić information content (AvgIpc) is 2.42. The second kappa shape index (κ2) is 5.69. The van der Waals surface area contributed by atoms with Gasteiger partial charge in [0, 0.05) is 24.4 Å². The number of hydrogen-bond acceptors (Lipinski definition) is 2. The Morgan fingerprint density at radius 1 is 1.14 bits per heavy atom. The van der Waals surface area contributed by atoms with Crippen molar-refractivity contribution in [3.63, 3.8) is 0 Å². The summed E-state index contributed by atoms with van der Waals surface area (Å²) < 4.78 is 52.5. The molecule has 0 radical (unpaired) electrons. The Balaban J connectivity index is 2.37. The van der Waals surface area contributed by atoms with Gasteiger partial charge in [-0.15, -0.1) is 0 Å². The van der Waals surface area contributed by atoms with E-state index in [2.05, 4.69) is 0 Å². The van der Waals surface area contributed by atoms with Crippen LogP contribution in [-0.4, -0.2) is 4.57 Å². The number of pyridine rings is 1. The largest absolute Gasteiger partial charge is 0.417 e. The van der Waals surface area contributed by atoms with Gasteiger partial charge in [-0.1, -0.05) is 12.1 Å². The SMILES string of the molecule is NCc1ccc(Cn2cc(C(F)(F)F)ccc2=O)c(F)c1. The van der Waals surface area contributed by atoms with Gasteiger partial charge in [0.05, 0.1) is 12.1 Å². The summed E-state index contributed by atoms with van der Waals surface area (Å²) in [7, 11) is 0. The van der Waals surface area contributed by atoms with Crippen molar-refractivity contribution in [3.05, 3.63) is 69.4 Å². The van der Waals surface area contributed by atoms with E-state index in [9.17, 15) is 22.4 Å². The maximum Gasteiger partial charge on any atom is 0.417 e. The molecule has 112 valence electrons. The molecule has 0 amide bonds. The molecule has 0 spiro atoms. The van der Waals surface area contributed by atoms with Gasteiger partial charge in [-0.25, -0.2) is 4.39 Å². The predicted molar refractivity (Wildman–Crippen MR) is 69.1 cm³/mol. The van der Waals surface area contributed by atoms with E-state index in [1.807, 2.05) is 0 Å². The van der Waals surface area contributed by atoms with Crippen LogP contribution in [0.15, 0.2) is 41.3 Å². The molecular formula is C14H12F4N2O. The van der Waals surface area contributed by atoms with Crippen LogP contribution in [0, 0.1) is 5.82 Å². The first kappa shape index (κ1) is 15.2. The van der Waals surface area contributed by atoms with Gasteiger partial charge >= 0.3 is 6.18 Å². The van der Waals surface area contributed by atoms with Gasteiger partial charge in [0.2, 0.25) is 0 Å². The Kier molecular flexibility index (Phi) is 4.13. The molecule has 0 unspecified atom stereocenters. The van der Waals surface area contributed by atoms with Crippen LogP contribution in [0.25, 0.3) is 0 Å². The van der Waals surface area contributed by atoms with Crippen LogP contribution in [-0.2, 0) is 19.3 Å². The van der Waals surface area contributed by atoms with Crippen molar-refractivity contribution in [1.29, 1.82) is 0 Å². The fourth-order valence-electron chi connectivity index (χ4n) is 1.85. The standard InChI is InChI=1S/C14H12F4N2O/c15-12-5-9(6-19)1-2-10(12)7-20-8-11(14(16,17)18)3-4-13(20)21/h1-5,8H,6-7,19H2. The molecule has 0 saturated carbocycles. The molecule has 2 N–H and O–H groups in total. The number of halogens is 4. The second-order valence-corrected chi connectivity index (χ2v) is 4.51.